The van der Waals surface area contributed by atoms with E-state index >= 15 is 0 Å². The van der Waals surface area contributed by atoms with Crippen molar-refractivity contribution in [3.8, 4) is 0 Å². The van der Waals surface area contributed by atoms with Crippen LogP contribution in [0.1, 0.15) is 30.1 Å². The average Bonchev–Trinajstić information content (AvgIpc) is 2.79. The van der Waals surface area contributed by atoms with Gasteiger partial charge >= 0.3 is 0 Å². The van der Waals surface area contributed by atoms with Crippen molar-refractivity contribution in [3.05, 3.63) is 34.6 Å². The number of ether oxygens (including phenoxy) is 1. The molecule has 1 aromatic carbocycles. The molecule has 2 nitrogen and oxygen atoms in total. The monoisotopic (exact) mass is 256 g/mol. The molecule has 2 atom stereocenters. The average molecular weight is 257 g/mol. The lowest BCUT2D eigenvalue weighted by molar-refractivity contribution is 0.0689. The number of hydrogen-bond donors (Lipinski definition) is 0. The zero-order chi connectivity index (χ0) is 12.4. The molecule has 1 aromatic rings. The molecule has 0 aromatic heterocycles. The van der Waals surface area contributed by atoms with Gasteiger partial charge in [0.25, 0.3) is 0 Å². The van der Waals surface area contributed by atoms with Crippen LogP contribution in [0.4, 0.5) is 4.39 Å². The molecule has 4 heteroatoms. The number of benzene rings is 1. The molecule has 1 aliphatic rings. The molecule has 92 valence electrons. The first kappa shape index (κ1) is 12.5. The predicted octanol–water partition coefficient (Wildman–Crippen LogP) is 3.48. The van der Waals surface area contributed by atoms with Crippen LogP contribution < -0.4 is 0 Å². The summed E-state index contributed by atoms with van der Waals surface area (Å²) in [6.07, 6.45) is 1.40. The lowest BCUT2D eigenvalue weighted by atomic mass is 9.90. The molecular formula is C13H14ClFO2. The topological polar surface area (TPSA) is 26.3 Å². The third kappa shape index (κ3) is 2.50. The third-order valence-electron chi connectivity index (χ3n) is 3.14. The third-order valence-corrected chi connectivity index (χ3v) is 3.47. The van der Waals surface area contributed by atoms with E-state index in [2.05, 4.69) is 0 Å². The summed E-state index contributed by atoms with van der Waals surface area (Å²) in [5.41, 5.74) is 0.264. The Bertz CT molecular complexity index is 433. The van der Waals surface area contributed by atoms with Crippen molar-refractivity contribution < 1.29 is 13.9 Å². The summed E-state index contributed by atoms with van der Waals surface area (Å²) in [6, 6.07) is 3.87. The van der Waals surface area contributed by atoms with Gasteiger partial charge in [-0.1, -0.05) is 18.5 Å². The molecule has 0 radical (unpaired) electrons. The lowest BCUT2D eigenvalue weighted by Gasteiger charge is -2.16. The first-order chi connectivity index (χ1) is 8.13. The Kier molecular flexibility index (Phi) is 3.79. The molecule has 2 unspecified atom stereocenters. The Labute approximate surface area is 105 Å². The van der Waals surface area contributed by atoms with E-state index in [0.717, 1.165) is 6.42 Å². The van der Waals surface area contributed by atoms with Crippen LogP contribution in [0.15, 0.2) is 18.2 Å². The highest BCUT2D eigenvalue weighted by molar-refractivity contribution is 6.34. The van der Waals surface area contributed by atoms with Crippen LogP contribution in [0.25, 0.3) is 0 Å². The van der Waals surface area contributed by atoms with E-state index in [1.165, 1.54) is 18.2 Å². The molecule has 0 N–H and O–H groups in total. The van der Waals surface area contributed by atoms with Gasteiger partial charge in [-0.2, -0.15) is 0 Å². The van der Waals surface area contributed by atoms with Gasteiger partial charge in [0.15, 0.2) is 5.78 Å². The maximum atomic E-state index is 13.1. The Morgan fingerprint density at radius 2 is 2.35 bits per heavy atom. The van der Waals surface area contributed by atoms with Crippen LogP contribution in [0.3, 0.4) is 0 Å². The highest BCUT2D eigenvalue weighted by Gasteiger charge is 2.34. The van der Waals surface area contributed by atoms with E-state index in [1.54, 1.807) is 0 Å². The quantitative estimate of drug-likeness (QED) is 0.774. The predicted molar refractivity (Wildman–Crippen MR) is 63.9 cm³/mol. The van der Waals surface area contributed by atoms with Crippen LogP contribution >= 0.6 is 11.6 Å². The maximum absolute atomic E-state index is 13.1. The van der Waals surface area contributed by atoms with Crippen molar-refractivity contribution in [1.82, 2.24) is 0 Å². The molecule has 0 saturated carbocycles. The Hall–Kier alpha value is -0.930. The summed E-state index contributed by atoms with van der Waals surface area (Å²) in [5, 5.41) is 0.304. The highest BCUT2D eigenvalue weighted by atomic mass is 35.5. The van der Waals surface area contributed by atoms with Crippen LogP contribution in [-0.2, 0) is 4.74 Å². The van der Waals surface area contributed by atoms with Gasteiger partial charge in [-0.15, -0.1) is 0 Å². The fourth-order valence-electron chi connectivity index (χ4n) is 2.24. The molecule has 0 amide bonds. The van der Waals surface area contributed by atoms with Crippen LogP contribution in [0.2, 0.25) is 5.02 Å². The van der Waals surface area contributed by atoms with E-state index in [9.17, 15) is 9.18 Å². The molecular weight excluding hydrogens is 243 g/mol. The number of rotatable bonds is 3. The summed E-state index contributed by atoms with van der Waals surface area (Å²) in [6.45, 7) is 2.56. The van der Waals surface area contributed by atoms with Crippen molar-refractivity contribution in [1.29, 1.82) is 0 Å². The minimum Gasteiger partial charge on any atom is -0.377 e. The molecule has 1 saturated heterocycles. The van der Waals surface area contributed by atoms with Gasteiger partial charge in [0.2, 0.25) is 0 Å². The van der Waals surface area contributed by atoms with Crippen LogP contribution in [0.5, 0.6) is 0 Å². The molecule has 0 bridgehead atoms. The Morgan fingerprint density at radius 1 is 1.59 bits per heavy atom. The SMILES string of the molecule is CCC1OCCC1C(=O)c1cc(F)ccc1Cl. The second-order valence-corrected chi connectivity index (χ2v) is 4.61. The highest BCUT2D eigenvalue weighted by Crippen LogP contribution is 2.29. The Balaban J connectivity index is 2.27. The standard InChI is InChI=1S/C13H14ClFO2/c1-2-12-9(5-6-17-12)13(16)10-7-8(15)3-4-11(10)14/h3-4,7,9,12H,2,5-6H2,1H3. The van der Waals surface area contributed by atoms with Crippen molar-refractivity contribution in [2.24, 2.45) is 5.92 Å². The number of hydrogen-bond acceptors (Lipinski definition) is 2. The zero-order valence-electron chi connectivity index (χ0n) is 9.58. The summed E-state index contributed by atoms with van der Waals surface area (Å²) < 4.78 is 18.6. The summed E-state index contributed by atoms with van der Waals surface area (Å²) in [7, 11) is 0. The molecule has 17 heavy (non-hydrogen) atoms. The van der Waals surface area contributed by atoms with Gasteiger partial charge in [-0.3, -0.25) is 4.79 Å². The van der Waals surface area contributed by atoms with Crippen molar-refractivity contribution >= 4 is 17.4 Å². The minimum absolute atomic E-state index is 0.0677. The summed E-state index contributed by atoms with van der Waals surface area (Å²) in [4.78, 5) is 12.3. The van der Waals surface area contributed by atoms with E-state index in [4.69, 9.17) is 16.3 Å². The lowest BCUT2D eigenvalue weighted by Crippen LogP contribution is -2.24. The number of ketones is 1. The fraction of sp³-hybridized carbons (Fsp3) is 0.462. The van der Waals surface area contributed by atoms with Gasteiger partial charge in [0, 0.05) is 12.2 Å². The first-order valence-corrected chi connectivity index (χ1v) is 6.12. The number of carbonyl (C=O) groups excluding carboxylic acids is 1. The van der Waals surface area contributed by atoms with E-state index < -0.39 is 5.82 Å². The summed E-state index contributed by atoms with van der Waals surface area (Å²) >= 11 is 5.93. The molecule has 2 rings (SSSR count). The zero-order valence-corrected chi connectivity index (χ0v) is 10.3. The number of halogens is 2. The van der Waals surface area contributed by atoms with Gasteiger partial charge < -0.3 is 4.74 Å². The van der Waals surface area contributed by atoms with Crippen LogP contribution in [-0.4, -0.2) is 18.5 Å². The molecule has 1 heterocycles. The molecule has 1 fully saturated rings. The Morgan fingerprint density at radius 3 is 3.06 bits per heavy atom. The van der Waals surface area contributed by atoms with Crippen molar-refractivity contribution in [3.63, 3.8) is 0 Å². The van der Waals surface area contributed by atoms with Crippen molar-refractivity contribution in [2.75, 3.05) is 6.61 Å². The largest absolute Gasteiger partial charge is 0.377 e. The van der Waals surface area contributed by atoms with E-state index in [1.807, 2.05) is 6.92 Å². The fourth-order valence-corrected chi connectivity index (χ4v) is 2.45. The van der Waals surface area contributed by atoms with Gasteiger partial charge in [-0.25, -0.2) is 4.39 Å². The number of carbonyl (C=O) groups is 1. The smallest absolute Gasteiger partial charge is 0.170 e. The van der Waals surface area contributed by atoms with E-state index in [-0.39, 0.29) is 23.4 Å². The maximum Gasteiger partial charge on any atom is 0.170 e. The first-order valence-electron chi connectivity index (χ1n) is 5.74. The van der Waals surface area contributed by atoms with Crippen molar-refractivity contribution in [2.45, 2.75) is 25.9 Å². The molecule has 1 aliphatic heterocycles. The molecule has 0 spiro atoms. The second kappa shape index (κ2) is 5.15. The van der Waals surface area contributed by atoms with E-state index in [0.29, 0.717) is 18.1 Å². The van der Waals surface area contributed by atoms with Gasteiger partial charge in [0.1, 0.15) is 5.82 Å². The van der Waals surface area contributed by atoms with Crippen LogP contribution in [0, 0.1) is 11.7 Å². The normalized spacial score (nSPS) is 23.9. The minimum atomic E-state index is -0.440. The van der Waals surface area contributed by atoms with Gasteiger partial charge in [0.05, 0.1) is 17.0 Å². The van der Waals surface area contributed by atoms with Gasteiger partial charge in [-0.05, 0) is 31.0 Å². The molecule has 0 aliphatic carbocycles. The summed E-state index contributed by atoms with van der Waals surface area (Å²) in [5.74, 6) is -0.747. The second-order valence-electron chi connectivity index (χ2n) is 4.20. The number of Topliss-reactive ketones (excluding diaryl/α,β-unsaturated/α-hetero) is 1.